The van der Waals surface area contributed by atoms with Crippen molar-refractivity contribution in [3.8, 4) is 0 Å². The molecule has 2 aliphatic heterocycles. The number of amides is 2. The van der Waals surface area contributed by atoms with E-state index in [4.69, 9.17) is 0 Å². The van der Waals surface area contributed by atoms with E-state index in [9.17, 15) is 24.0 Å². The maximum Gasteiger partial charge on any atom is 0.313 e. The van der Waals surface area contributed by atoms with Gasteiger partial charge in [-0.15, -0.1) is 26.3 Å². The van der Waals surface area contributed by atoms with Gasteiger partial charge < -0.3 is 19.1 Å². The molecule has 0 bridgehead atoms. The molecule has 4 atom stereocenters. The Hall–Kier alpha value is -1.74. The van der Waals surface area contributed by atoms with Crippen molar-refractivity contribution in [1.82, 2.24) is 24.0 Å². The molecule has 14 heteroatoms. The van der Waals surface area contributed by atoms with E-state index in [2.05, 4.69) is 10.2 Å². The Morgan fingerprint density at radius 2 is 2.18 bits per heavy atom. The Kier molecular flexibility index (Phi) is 7.53. The molecule has 3 unspecified atom stereocenters. The molecule has 0 aromatic carbocycles. The fourth-order valence-electron chi connectivity index (χ4n) is 4.05. The van der Waals surface area contributed by atoms with E-state index in [0.717, 1.165) is 16.6 Å². The first-order valence-corrected chi connectivity index (χ1v) is 14.7. The largest absolute Gasteiger partial charge is 0.587 e. The van der Waals surface area contributed by atoms with Gasteiger partial charge in [-0.05, 0) is 18.4 Å². The van der Waals surface area contributed by atoms with Crippen LogP contribution < -0.4 is 0 Å². The molecule has 0 aliphatic carbocycles. The van der Waals surface area contributed by atoms with E-state index in [0.29, 0.717) is 15.9 Å². The molecule has 4 rings (SSSR count). The Balaban J connectivity index is 1.50. The highest BCUT2D eigenvalue weighted by molar-refractivity contribution is 8.00. The van der Waals surface area contributed by atoms with Crippen molar-refractivity contribution in [2.75, 3.05) is 18.1 Å². The number of thioether (sulfide) groups is 2. The Bertz CT molecular complexity index is 1080. The molecule has 10 nitrogen and oxygen atoms in total. The predicted molar refractivity (Wildman–Crippen MR) is 131 cm³/mol. The third-order valence-corrected chi connectivity index (χ3v) is 11.4. The molecule has 2 fully saturated rings. The number of aliphatic carboxylic acids is 1. The normalized spacial score (nSPS) is 24.9. The van der Waals surface area contributed by atoms with Crippen LogP contribution in [0.5, 0.6) is 0 Å². The minimum atomic E-state index is -1.79. The summed E-state index contributed by atoms with van der Waals surface area (Å²) >= 11 is 2.11. The van der Waals surface area contributed by atoms with Crippen LogP contribution in [0.4, 0.5) is 0 Å². The average Bonchev–Trinajstić information content (AvgIpc) is 3.49. The molecule has 0 spiro atoms. The second-order valence-electron chi connectivity index (χ2n) is 8.01. The van der Waals surface area contributed by atoms with Crippen molar-refractivity contribution in [3.05, 3.63) is 23.3 Å². The number of carboxylic acid groups (broad SMARTS) is 1. The van der Waals surface area contributed by atoms with Gasteiger partial charge in [0.15, 0.2) is 11.2 Å². The summed E-state index contributed by atoms with van der Waals surface area (Å²) in [5, 5.41) is 20.5. The summed E-state index contributed by atoms with van der Waals surface area (Å²) in [6.07, 6.45) is 0.728. The van der Waals surface area contributed by atoms with Crippen molar-refractivity contribution in [1.29, 1.82) is 0 Å². The number of carbonyl (C=O) groups is 3. The van der Waals surface area contributed by atoms with Crippen LogP contribution >= 0.6 is 34.9 Å². The van der Waals surface area contributed by atoms with Crippen LogP contribution in [0, 0.1) is 5.41 Å². The fourth-order valence-corrected chi connectivity index (χ4v) is 9.27. The van der Waals surface area contributed by atoms with E-state index in [1.54, 1.807) is 17.5 Å². The Labute approximate surface area is 212 Å². The van der Waals surface area contributed by atoms with Gasteiger partial charge in [0.2, 0.25) is 4.21 Å². The van der Waals surface area contributed by atoms with Gasteiger partial charge in [0.1, 0.15) is 28.0 Å². The van der Waals surface area contributed by atoms with E-state index in [1.807, 2.05) is 18.4 Å². The Morgan fingerprint density at radius 1 is 1.41 bits per heavy atom. The standard InChI is InChI=1S/C20H25N5O5S4/c1-4-13-21-22-19(23(13)5-2)33-11-20(18(28)29)9-24-16(27)15(17(24)32-10-20)25(12(3)26)34(30)14-7-6-8-31-14/h6-8,15,17H,4-5,9-11H2,1-3H3,(H,28,29)/t15?,17-,20?,34?/m1/s1. The van der Waals surface area contributed by atoms with Gasteiger partial charge >= 0.3 is 5.97 Å². The lowest BCUT2D eigenvalue weighted by molar-refractivity contribution is -0.161. The molecular weight excluding hydrogens is 519 g/mol. The van der Waals surface area contributed by atoms with Gasteiger partial charge in [-0.1, -0.05) is 30.0 Å². The van der Waals surface area contributed by atoms with Crippen molar-refractivity contribution >= 4 is 64.0 Å². The molecule has 34 heavy (non-hydrogen) atoms. The van der Waals surface area contributed by atoms with Crippen LogP contribution in [0.25, 0.3) is 0 Å². The van der Waals surface area contributed by atoms with Crippen molar-refractivity contribution < 1.29 is 24.0 Å². The maximum atomic E-state index is 13.1. The summed E-state index contributed by atoms with van der Waals surface area (Å²) < 4.78 is 16.6. The van der Waals surface area contributed by atoms with Crippen LogP contribution in [0.15, 0.2) is 26.9 Å². The quantitative estimate of drug-likeness (QED) is 0.286. The highest BCUT2D eigenvalue weighted by atomic mass is 32.2. The molecule has 2 amide bonds. The number of carboxylic acids is 1. The van der Waals surface area contributed by atoms with Crippen LogP contribution in [0.3, 0.4) is 0 Å². The zero-order valence-electron chi connectivity index (χ0n) is 18.9. The van der Waals surface area contributed by atoms with Crippen LogP contribution in [-0.2, 0) is 38.7 Å². The first-order valence-electron chi connectivity index (χ1n) is 10.7. The van der Waals surface area contributed by atoms with E-state index in [1.165, 1.54) is 46.7 Å². The van der Waals surface area contributed by atoms with Gasteiger partial charge in [-0.25, -0.2) is 0 Å². The van der Waals surface area contributed by atoms with E-state index in [-0.39, 0.29) is 24.0 Å². The number of hydrogen-bond acceptors (Lipinski definition) is 9. The van der Waals surface area contributed by atoms with Crippen LogP contribution in [0.2, 0.25) is 0 Å². The molecule has 2 saturated heterocycles. The molecule has 0 saturated carbocycles. The highest BCUT2D eigenvalue weighted by Crippen LogP contribution is 2.46. The highest BCUT2D eigenvalue weighted by Gasteiger charge is 2.62. The Morgan fingerprint density at radius 3 is 2.76 bits per heavy atom. The van der Waals surface area contributed by atoms with Crippen molar-refractivity contribution in [2.24, 2.45) is 5.41 Å². The average molecular weight is 544 g/mol. The predicted octanol–water partition coefficient (Wildman–Crippen LogP) is 1.94. The number of hydrogen-bond donors (Lipinski definition) is 1. The molecule has 1 N–H and O–H groups in total. The number of aromatic nitrogens is 3. The first kappa shape index (κ1) is 25.4. The topological polar surface area (TPSA) is 132 Å². The third-order valence-electron chi connectivity index (χ3n) is 5.88. The lowest BCUT2D eigenvalue weighted by atomic mass is 9.89. The molecule has 2 aromatic heterocycles. The molecular formula is C20H25N5O5S4. The maximum absolute atomic E-state index is 13.1. The van der Waals surface area contributed by atoms with Gasteiger partial charge in [0.25, 0.3) is 11.8 Å². The van der Waals surface area contributed by atoms with E-state index >= 15 is 0 Å². The zero-order valence-corrected chi connectivity index (χ0v) is 22.1. The van der Waals surface area contributed by atoms with Gasteiger partial charge in [0.05, 0.1) is 0 Å². The van der Waals surface area contributed by atoms with Crippen molar-refractivity contribution in [3.63, 3.8) is 0 Å². The lowest BCUT2D eigenvalue weighted by Crippen LogP contribution is -2.74. The molecule has 0 radical (unpaired) electrons. The number of fused-ring (bicyclic) bond motifs is 1. The number of rotatable bonds is 9. The number of nitrogens with zero attached hydrogens (tertiary/aromatic N) is 5. The summed E-state index contributed by atoms with van der Waals surface area (Å²) in [4.78, 5) is 39.3. The zero-order chi connectivity index (χ0) is 24.6. The smallest absolute Gasteiger partial charge is 0.313 e. The third kappa shape index (κ3) is 4.34. The summed E-state index contributed by atoms with van der Waals surface area (Å²) in [7, 11) is 0. The number of aryl methyl sites for hydroxylation is 1. The first-order chi connectivity index (χ1) is 16.2. The fraction of sp³-hybridized carbons (Fsp3) is 0.550. The number of thiophene rings is 1. The van der Waals surface area contributed by atoms with Gasteiger partial charge in [-0.2, -0.15) is 0 Å². The molecule has 184 valence electrons. The van der Waals surface area contributed by atoms with Gasteiger partial charge in [-0.3, -0.25) is 14.4 Å². The second-order valence-corrected chi connectivity index (χ2v) is 12.6. The van der Waals surface area contributed by atoms with Crippen molar-refractivity contribution in [2.45, 2.75) is 54.5 Å². The second kappa shape index (κ2) is 10.1. The summed E-state index contributed by atoms with van der Waals surface area (Å²) in [6.45, 7) is 5.98. The minimum Gasteiger partial charge on any atom is -0.587 e. The SMILES string of the molecule is CCc1nnc(SCC2(C(=O)O)CS[C@@H]3C(N(C(C)=O)[S+]([O-])c4cccs4)C(=O)N3C2)n1CC. The molecule has 2 aliphatic rings. The number of β-lactam (4-membered cyclic amide) rings is 1. The molecule has 4 heterocycles. The number of carbonyl (C=O) groups excluding carboxylic acids is 2. The molecule has 2 aromatic rings. The van der Waals surface area contributed by atoms with Gasteiger partial charge in [0, 0.05) is 44.0 Å². The van der Waals surface area contributed by atoms with E-state index < -0.39 is 40.1 Å². The summed E-state index contributed by atoms with van der Waals surface area (Å²) in [6, 6.07) is 2.53. The minimum absolute atomic E-state index is 0.0284. The monoisotopic (exact) mass is 543 g/mol. The summed E-state index contributed by atoms with van der Waals surface area (Å²) in [5.74, 6) is -0.476. The van der Waals surface area contributed by atoms with Crippen LogP contribution in [-0.4, -0.2) is 80.9 Å². The lowest BCUT2D eigenvalue weighted by Gasteiger charge is -2.54. The van der Waals surface area contributed by atoms with Crippen LogP contribution in [0.1, 0.15) is 26.6 Å². The summed E-state index contributed by atoms with van der Waals surface area (Å²) in [5.41, 5.74) is -1.17.